The summed E-state index contributed by atoms with van der Waals surface area (Å²) in [6, 6.07) is 5.29. The molecule has 0 spiro atoms. The summed E-state index contributed by atoms with van der Waals surface area (Å²) in [5, 5.41) is 10.3. The molecule has 1 aromatic rings. The van der Waals surface area contributed by atoms with Gasteiger partial charge in [0.25, 0.3) is 0 Å². The molecule has 1 heterocycles. The molecule has 5 heteroatoms. The van der Waals surface area contributed by atoms with Gasteiger partial charge in [0.05, 0.1) is 11.7 Å². The van der Waals surface area contributed by atoms with Crippen molar-refractivity contribution in [3.8, 4) is 0 Å². The van der Waals surface area contributed by atoms with Crippen LogP contribution in [0.5, 0.6) is 0 Å². The first-order valence-electron chi connectivity index (χ1n) is 5.83. The zero-order valence-corrected chi connectivity index (χ0v) is 10.8. The second-order valence-corrected chi connectivity index (χ2v) is 6.38. The molecule has 1 aliphatic rings. The summed E-state index contributed by atoms with van der Waals surface area (Å²) in [5.74, 6) is 0.891. The van der Waals surface area contributed by atoms with Crippen LogP contribution in [0.15, 0.2) is 24.3 Å². The van der Waals surface area contributed by atoms with E-state index in [1.165, 1.54) is 18.2 Å². The Bertz CT molecular complexity index is 424. The minimum absolute atomic E-state index is 0.0121. The molecule has 1 nitrogen and oxygen atoms in total. The highest BCUT2D eigenvalue weighted by molar-refractivity contribution is 8.00. The third-order valence-corrected chi connectivity index (χ3v) is 4.97. The molecule has 0 radical (unpaired) electrons. The Morgan fingerprint density at radius 1 is 1.33 bits per heavy atom. The van der Waals surface area contributed by atoms with Gasteiger partial charge in [0.15, 0.2) is 0 Å². The molecule has 0 aromatic heterocycles. The third-order valence-electron chi connectivity index (χ3n) is 3.39. The quantitative estimate of drug-likeness (QED) is 0.880. The van der Waals surface area contributed by atoms with Gasteiger partial charge in [-0.3, -0.25) is 0 Å². The lowest BCUT2D eigenvalue weighted by atomic mass is 9.90. The highest BCUT2D eigenvalue weighted by Crippen LogP contribution is 2.48. The summed E-state index contributed by atoms with van der Waals surface area (Å²) >= 11 is 1.55. The van der Waals surface area contributed by atoms with Crippen LogP contribution in [0.3, 0.4) is 0 Å². The highest BCUT2D eigenvalue weighted by atomic mass is 32.2. The van der Waals surface area contributed by atoms with E-state index in [0.717, 1.165) is 24.7 Å². The number of rotatable bonds is 2. The highest BCUT2D eigenvalue weighted by Gasteiger charge is 2.42. The van der Waals surface area contributed by atoms with Gasteiger partial charge in [-0.2, -0.15) is 24.9 Å². The van der Waals surface area contributed by atoms with E-state index in [1.54, 1.807) is 11.8 Å². The molecule has 1 N–H and O–H groups in total. The molecule has 2 rings (SSSR count). The monoisotopic (exact) mass is 276 g/mol. The van der Waals surface area contributed by atoms with Gasteiger partial charge in [0.2, 0.25) is 0 Å². The van der Waals surface area contributed by atoms with E-state index >= 15 is 0 Å². The lowest BCUT2D eigenvalue weighted by molar-refractivity contribution is -0.139. The van der Waals surface area contributed by atoms with E-state index in [2.05, 4.69) is 0 Å². The summed E-state index contributed by atoms with van der Waals surface area (Å²) in [4.78, 5) is 0. The number of benzene rings is 1. The van der Waals surface area contributed by atoms with E-state index < -0.39 is 22.6 Å². The second-order valence-electron chi connectivity index (χ2n) is 4.75. The SMILES string of the molecule is CC1(C(O)c2ccccc2C(F)(F)F)CCCS1. The molecule has 1 aliphatic heterocycles. The van der Waals surface area contributed by atoms with Gasteiger partial charge in [0.1, 0.15) is 0 Å². The molecule has 2 unspecified atom stereocenters. The predicted octanol–water partition coefficient (Wildman–Crippen LogP) is 4.02. The van der Waals surface area contributed by atoms with Gasteiger partial charge in [0, 0.05) is 4.75 Å². The third kappa shape index (κ3) is 2.52. The molecule has 0 amide bonds. The van der Waals surface area contributed by atoms with Crippen LogP contribution in [-0.2, 0) is 6.18 Å². The van der Waals surface area contributed by atoms with Crippen molar-refractivity contribution in [2.75, 3.05) is 5.75 Å². The van der Waals surface area contributed by atoms with Crippen molar-refractivity contribution in [3.05, 3.63) is 35.4 Å². The molecule has 18 heavy (non-hydrogen) atoms. The Balaban J connectivity index is 2.39. The van der Waals surface area contributed by atoms with Crippen molar-refractivity contribution >= 4 is 11.8 Å². The van der Waals surface area contributed by atoms with E-state index in [0.29, 0.717) is 0 Å². The summed E-state index contributed by atoms with van der Waals surface area (Å²) in [7, 11) is 0. The first-order valence-corrected chi connectivity index (χ1v) is 6.81. The van der Waals surface area contributed by atoms with Crippen LogP contribution in [0.25, 0.3) is 0 Å². The summed E-state index contributed by atoms with van der Waals surface area (Å²) in [6.45, 7) is 1.84. The Kier molecular flexibility index (Phi) is 3.65. The number of halogens is 3. The van der Waals surface area contributed by atoms with Gasteiger partial charge < -0.3 is 5.11 Å². The lowest BCUT2D eigenvalue weighted by Gasteiger charge is -2.31. The van der Waals surface area contributed by atoms with Crippen LogP contribution in [0, 0.1) is 0 Å². The van der Waals surface area contributed by atoms with E-state index in [-0.39, 0.29) is 5.56 Å². The molecule has 1 aromatic carbocycles. The fraction of sp³-hybridized carbons (Fsp3) is 0.538. The molecule has 100 valence electrons. The number of thioether (sulfide) groups is 1. The van der Waals surface area contributed by atoms with E-state index in [4.69, 9.17) is 0 Å². The fourth-order valence-electron chi connectivity index (χ4n) is 2.34. The molecule has 0 aliphatic carbocycles. The zero-order chi connectivity index (χ0) is 13.4. The molecular weight excluding hydrogens is 261 g/mol. The second kappa shape index (κ2) is 4.78. The average Bonchev–Trinajstić information content (AvgIpc) is 2.75. The van der Waals surface area contributed by atoms with E-state index in [1.807, 2.05) is 6.92 Å². The lowest BCUT2D eigenvalue weighted by Crippen LogP contribution is -2.28. The van der Waals surface area contributed by atoms with Crippen molar-refractivity contribution in [1.29, 1.82) is 0 Å². The van der Waals surface area contributed by atoms with E-state index in [9.17, 15) is 18.3 Å². The van der Waals surface area contributed by atoms with Crippen LogP contribution in [0.2, 0.25) is 0 Å². The molecular formula is C13H15F3OS. The van der Waals surface area contributed by atoms with Crippen LogP contribution in [0.1, 0.15) is 37.0 Å². The summed E-state index contributed by atoms with van der Waals surface area (Å²) in [5.41, 5.74) is -0.742. The molecule has 0 bridgehead atoms. The number of hydrogen-bond acceptors (Lipinski definition) is 2. The van der Waals surface area contributed by atoms with Crippen molar-refractivity contribution < 1.29 is 18.3 Å². The van der Waals surface area contributed by atoms with Crippen LogP contribution in [0.4, 0.5) is 13.2 Å². The number of hydrogen-bond donors (Lipinski definition) is 1. The minimum Gasteiger partial charge on any atom is -0.387 e. The average molecular weight is 276 g/mol. The van der Waals surface area contributed by atoms with Crippen LogP contribution in [-0.4, -0.2) is 15.6 Å². The maximum absolute atomic E-state index is 12.9. The number of aliphatic hydroxyl groups is 1. The normalized spacial score (nSPS) is 26.3. The standard InChI is InChI=1S/C13H15F3OS/c1-12(7-4-8-18-12)11(17)9-5-2-3-6-10(9)13(14,15)16/h2-3,5-6,11,17H,4,7-8H2,1H3. The zero-order valence-electron chi connectivity index (χ0n) is 10.00. The number of alkyl halides is 3. The van der Waals surface area contributed by atoms with Crippen molar-refractivity contribution in [1.82, 2.24) is 0 Å². The molecule has 0 saturated carbocycles. The topological polar surface area (TPSA) is 20.2 Å². The van der Waals surface area contributed by atoms with Gasteiger partial charge in [-0.1, -0.05) is 18.2 Å². The first kappa shape index (κ1) is 13.7. The van der Waals surface area contributed by atoms with Gasteiger partial charge >= 0.3 is 6.18 Å². The van der Waals surface area contributed by atoms with Gasteiger partial charge in [-0.25, -0.2) is 0 Å². The summed E-state index contributed by atoms with van der Waals surface area (Å²) < 4.78 is 38.2. The van der Waals surface area contributed by atoms with Gasteiger partial charge in [-0.15, -0.1) is 0 Å². The van der Waals surface area contributed by atoms with Crippen LogP contribution < -0.4 is 0 Å². The van der Waals surface area contributed by atoms with Crippen molar-refractivity contribution in [2.24, 2.45) is 0 Å². The first-order chi connectivity index (χ1) is 8.34. The Morgan fingerprint density at radius 2 is 2.00 bits per heavy atom. The largest absolute Gasteiger partial charge is 0.416 e. The van der Waals surface area contributed by atoms with Crippen molar-refractivity contribution in [3.63, 3.8) is 0 Å². The predicted molar refractivity (Wildman–Crippen MR) is 66.5 cm³/mol. The smallest absolute Gasteiger partial charge is 0.387 e. The van der Waals surface area contributed by atoms with Crippen LogP contribution >= 0.6 is 11.8 Å². The molecule has 1 saturated heterocycles. The fourth-order valence-corrected chi connectivity index (χ4v) is 3.67. The molecule has 1 fully saturated rings. The van der Waals surface area contributed by atoms with Crippen molar-refractivity contribution in [2.45, 2.75) is 36.8 Å². The summed E-state index contributed by atoms with van der Waals surface area (Å²) in [6.07, 6.45) is -3.82. The maximum Gasteiger partial charge on any atom is 0.416 e. The Labute approximate surface area is 108 Å². The minimum atomic E-state index is -4.42. The molecule has 2 atom stereocenters. The Morgan fingerprint density at radius 3 is 2.56 bits per heavy atom. The maximum atomic E-state index is 12.9. The van der Waals surface area contributed by atoms with Gasteiger partial charge in [-0.05, 0) is 37.1 Å². The Hall–Kier alpha value is -0.680. The number of aliphatic hydroxyl groups excluding tert-OH is 1.